The second-order valence-electron chi connectivity index (χ2n) is 4.14. The van der Waals surface area contributed by atoms with Crippen molar-refractivity contribution in [3.63, 3.8) is 0 Å². The molecule has 0 radical (unpaired) electrons. The SMILES string of the molecule is COC(=O)c1cc(Nc2ccc(C)cc2)ncc1N. The van der Waals surface area contributed by atoms with Crippen LogP contribution in [0.25, 0.3) is 0 Å². The maximum atomic E-state index is 11.5. The fraction of sp³-hybridized carbons (Fsp3) is 0.143. The summed E-state index contributed by atoms with van der Waals surface area (Å²) in [6.07, 6.45) is 1.43. The van der Waals surface area contributed by atoms with Crippen molar-refractivity contribution in [3.8, 4) is 0 Å². The van der Waals surface area contributed by atoms with Crippen molar-refractivity contribution in [2.24, 2.45) is 0 Å². The number of aryl methyl sites for hydroxylation is 1. The number of nitrogens with zero attached hydrogens (tertiary/aromatic N) is 1. The van der Waals surface area contributed by atoms with Gasteiger partial charge in [-0.25, -0.2) is 9.78 Å². The van der Waals surface area contributed by atoms with Crippen molar-refractivity contribution < 1.29 is 9.53 Å². The van der Waals surface area contributed by atoms with Crippen LogP contribution in [0.2, 0.25) is 0 Å². The van der Waals surface area contributed by atoms with E-state index in [-0.39, 0.29) is 0 Å². The van der Waals surface area contributed by atoms with E-state index in [1.165, 1.54) is 18.9 Å². The molecule has 0 fully saturated rings. The van der Waals surface area contributed by atoms with Crippen LogP contribution in [0.5, 0.6) is 0 Å². The van der Waals surface area contributed by atoms with Gasteiger partial charge in [-0.2, -0.15) is 0 Å². The Labute approximate surface area is 111 Å². The fourth-order valence-electron chi connectivity index (χ4n) is 1.61. The summed E-state index contributed by atoms with van der Waals surface area (Å²) in [5.41, 5.74) is 8.34. The van der Waals surface area contributed by atoms with Crippen molar-refractivity contribution in [2.75, 3.05) is 18.2 Å². The van der Waals surface area contributed by atoms with Gasteiger partial charge in [0.25, 0.3) is 0 Å². The molecule has 0 atom stereocenters. The quantitative estimate of drug-likeness (QED) is 0.826. The highest BCUT2D eigenvalue weighted by atomic mass is 16.5. The maximum absolute atomic E-state index is 11.5. The number of carbonyl (C=O) groups is 1. The molecule has 0 unspecified atom stereocenters. The summed E-state index contributed by atoms with van der Waals surface area (Å²) in [4.78, 5) is 15.7. The second kappa shape index (κ2) is 5.39. The summed E-state index contributed by atoms with van der Waals surface area (Å²) in [5, 5.41) is 3.10. The number of esters is 1. The number of benzene rings is 1. The zero-order chi connectivity index (χ0) is 13.8. The number of methoxy groups -OCH3 is 1. The Morgan fingerprint density at radius 2 is 2.00 bits per heavy atom. The van der Waals surface area contributed by atoms with Crippen LogP contribution in [0.15, 0.2) is 36.5 Å². The first-order chi connectivity index (χ1) is 9.10. The zero-order valence-corrected chi connectivity index (χ0v) is 10.8. The number of nitrogen functional groups attached to an aromatic ring is 1. The molecule has 1 aromatic carbocycles. The number of anilines is 3. The highest BCUT2D eigenvalue weighted by Crippen LogP contribution is 2.19. The molecule has 0 aliphatic heterocycles. The number of nitrogens with one attached hydrogen (secondary N) is 1. The molecule has 0 amide bonds. The lowest BCUT2D eigenvalue weighted by Gasteiger charge is -2.09. The smallest absolute Gasteiger partial charge is 0.340 e. The van der Waals surface area contributed by atoms with E-state index in [4.69, 9.17) is 5.73 Å². The highest BCUT2D eigenvalue weighted by Gasteiger charge is 2.11. The van der Waals surface area contributed by atoms with Crippen LogP contribution in [0.4, 0.5) is 17.2 Å². The van der Waals surface area contributed by atoms with E-state index in [0.29, 0.717) is 17.1 Å². The van der Waals surface area contributed by atoms with Crippen LogP contribution >= 0.6 is 0 Å². The molecule has 0 saturated carbocycles. The van der Waals surface area contributed by atoms with Gasteiger partial charge in [0.15, 0.2) is 0 Å². The molecule has 5 nitrogen and oxygen atoms in total. The molecule has 0 aliphatic carbocycles. The predicted octanol–water partition coefficient (Wildman–Crippen LogP) is 2.50. The van der Waals surface area contributed by atoms with Gasteiger partial charge in [-0.3, -0.25) is 0 Å². The molecule has 0 aliphatic rings. The molecule has 5 heteroatoms. The zero-order valence-electron chi connectivity index (χ0n) is 10.8. The van der Waals surface area contributed by atoms with E-state index in [9.17, 15) is 4.79 Å². The average molecular weight is 257 g/mol. The topological polar surface area (TPSA) is 77.2 Å². The van der Waals surface area contributed by atoms with Crippen molar-refractivity contribution in [2.45, 2.75) is 6.92 Å². The van der Waals surface area contributed by atoms with E-state index >= 15 is 0 Å². The number of hydrogen-bond acceptors (Lipinski definition) is 5. The molecule has 0 saturated heterocycles. The summed E-state index contributed by atoms with van der Waals surface area (Å²) in [7, 11) is 1.31. The number of ether oxygens (including phenoxy) is 1. The molecule has 1 aromatic heterocycles. The third kappa shape index (κ3) is 3.01. The molecule has 2 rings (SSSR count). The van der Waals surface area contributed by atoms with Gasteiger partial charge in [0.1, 0.15) is 5.82 Å². The molecular formula is C14H15N3O2. The summed E-state index contributed by atoms with van der Waals surface area (Å²) in [6.45, 7) is 2.01. The Kier molecular flexibility index (Phi) is 3.66. The number of aromatic nitrogens is 1. The minimum Gasteiger partial charge on any atom is -0.465 e. The Hall–Kier alpha value is -2.56. The Morgan fingerprint density at radius 1 is 1.32 bits per heavy atom. The monoisotopic (exact) mass is 257 g/mol. The number of carbonyl (C=O) groups excluding carboxylic acids is 1. The van der Waals surface area contributed by atoms with Gasteiger partial charge in [-0.15, -0.1) is 0 Å². The average Bonchev–Trinajstić information content (AvgIpc) is 2.42. The van der Waals surface area contributed by atoms with Gasteiger partial charge < -0.3 is 15.8 Å². The van der Waals surface area contributed by atoms with Gasteiger partial charge in [0, 0.05) is 5.69 Å². The van der Waals surface area contributed by atoms with Crippen molar-refractivity contribution in [1.29, 1.82) is 0 Å². The molecule has 19 heavy (non-hydrogen) atoms. The molecular weight excluding hydrogens is 242 g/mol. The highest BCUT2D eigenvalue weighted by molar-refractivity contribution is 5.95. The first kappa shape index (κ1) is 12.9. The Morgan fingerprint density at radius 3 is 2.63 bits per heavy atom. The van der Waals surface area contributed by atoms with E-state index in [1.807, 2.05) is 31.2 Å². The summed E-state index contributed by atoms with van der Waals surface area (Å²) in [5.74, 6) is 0.0605. The molecule has 3 N–H and O–H groups in total. The molecule has 0 bridgehead atoms. The first-order valence-corrected chi connectivity index (χ1v) is 5.77. The lowest BCUT2D eigenvalue weighted by Crippen LogP contribution is -2.07. The number of hydrogen-bond donors (Lipinski definition) is 2. The standard InChI is InChI=1S/C14H15N3O2/c1-9-3-5-10(6-4-9)17-13-7-11(14(18)19-2)12(15)8-16-13/h3-8H,15H2,1-2H3,(H,16,17). The normalized spacial score (nSPS) is 10.0. The van der Waals surface area contributed by atoms with Gasteiger partial charge in [-0.1, -0.05) is 17.7 Å². The Bertz CT molecular complexity index is 594. The fourth-order valence-corrected chi connectivity index (χ4v) is 1.61. The number of pyridine rings is 1. The van der Waals surface area contributed by atoms with Gasteiger partial charge in [0.05, 0.1) is 24.6 Å². The lowest BCUT2D eigenvalue weighted by molar-refractivity contribution is 0.0602. The third-order valence-electron chi connectivity index (χ3n) is 2.66. The molecule has 2 aromatic rings. The molecule has 0 spiro atoms. The van der Waals surface area contributed by atoms with Crippen LogP contribution < -0.4 is 11.1 Å². The van der Waals surface area contributed by atoms with Crippen molar-refractivity contribution >= 4 is 23.2 Å². The number of rotatable bonds is 3. The first-order valence-electron chi connectivity index (χ1n) is 5.77. The minimum atomic E-state index is -0.480. The van der Waals surface area contributed by atoms with Crippen LogP contribution in [0.3, 0.4) is 0 Å². The summed E-state index contributed by atoms with van der Waals surface area (Å²) in [6, 6.07) is 9.42. The second-order valence-corrected chi connectivity index (χ2v) is 4.14. The molecule has 1 heterocycles. The Balaban J connectivity index is 2.26. The maximum Gasteiger partial charge on any atom is 0.340 e. The van der Waals surface area contributed by atoms with E-state index in [1.54, 1.807) is 6.07 Å². The van der Waals surface area contributed by atoms with Crippen LogP contribution in [-0.2, 0) is 4.74 Å². The number of nitrogens with two attached hydrogens (primary N) is 1. The van der Waals surface area contributed by atoms with Crippen LogP contribution in [0.1, 0.15) is 15.9 Å². The predicted molar refractivity (Wildman–Crippen MR) is 74.5 cm³/mol. The van der Waals surface area contributed by atoms with E-state index < -0.39 is 5.97 Å². The third-order valence-corrected chi connectivity index (χ3v) is 2.66. The largest absolute Gasteiger partial charge is 0.465 e. The van der Waals surface area contributed by atoms with Gasteiger partial charge in [0.2, 0.25) is 0 Å². The minimum absolute atomic E-state index is 0.293. The van der Waals surface area contributed by atoms with Crippen LogP contribution in [0, 0.1) is 6.92 Å². The van der Waals surface area contributed by atoms with E-state index in [0.717, 1.165) is 5.69 Å². The lowest BCUT2D eigenvalue weighted by atomic mass is 10.2. The summed E-state index contributed by atoms with van der Waals surface area (Å²) >= 11 is 0. The van der Waals surface area contributed by atoms with Crippen LogP contribution in [-0.4, -0.2) is 18.1 Å². The van der Waals surface area contributed by atoms with Gasteiger partial charge >= 0.3 is 5.97 Å². The van der Waals surface area contributed by atoms with Crippen molar-refractivity contribution in [3.05, 3.63) is 47.7 Å². The summed E-state index contributed by atoms with van der Waals surface area (Å²) < 4.78 is 4.66. The molecule has 98 valence electrons. The van der Waals surface area contributed by atoms with Crippen molar-refractivity contribution in [1.82, 2.24) is 4.98 Å². The van der Waals surface area contributed by atoms with E-state index in [2.05, 4.69) is 15.0 Å². The van der Waals surface area contributed by atoms with Gasteiger partial charge in [-0.05, 0) is 25.1 Å².